The first kappa shape index (κ1) is 17.3. The number of aryl methyl sites for hydroxylation is 2. The Kier molecular flexibility index (Phi) is 4.71. The minimum atomic E-state index is -2.99. The maximum absolute atomic E-state index is 12.4. The fourth-order valence-electron chi connectivity index (χ4n) is 2.66. The smallest absolute Gasteiger partial charge is 0.274 e. The van der Waals surface area contributed by atoms with Crippen molar-refractivity contribution in [3.05, 3.63) is 47.3 Å². The van der Waals surface area contributed by atoms with Crippen LogP contribution >= 0.6 is 0 Å². The van der Waals surface area contributed by atoms with Gasteiger partial charge in [-0.15, -0.1) is 0 Å². The van der Waals surface area contributed by atoms with Gasteiger partial charge in [0, 0.05) is 17.9 Å². The van der Waals surface area contributed by atoms with Crippen LogP contribution in [0, 0.1) is 13.8 Å². The predicted octanol–water partition coefficient (Wildman–Crippen LogP) is 1.94. The molecule has 0 spiro atoms. The fraction of sp³-hybridized carbons (Fsp3) is 0.353. The molecule has 1 aromatic heterocycles. The summed E-state index contributed by atoms with van der Waals surface area (Å²) < 4.78 is 23.0. The number of hydrogen-bond donors (Lipinski definition) is 2. The molecule has 1 aromatic carbocycles. The van der Waals surface area contributed by atoms with E-state index in [1.165, 1.54) is 12.3 Å². The topological polar surface area (TPSA) is 101 Å². The Balaban J connectivity index is 1.70. The lowest BCUT2D eigenvalue weighted by atomic mass is 10.1. The van der Waals surface area contributed by atoms with E-state index in [1.54, 1.807) is 0 Å². The van der Waals surface area contributed by atoms with E-state index in [-0.39, 0.29) is 35.1 Å². The van der Waals surface area contributed by atoms with Crippen molar-refractivity contribution in [1.82, 2.24) is 9.97 Å². The number of nitrogens with one attached hydrogen (secondary N) is 2. The molecule has 1 atom stereocenters. The summed E-state index contributed by atoms with van der Waals surface area (Å²) in [6, 6.07) is 6.98. The van der Waals surface area contributed by atoms with Crippen molar-refractivity contribution in [1.29, 1.82) is 0 Å². The summed E-state index contributed by atoms with van der Waals surface area (Å²) in [5.74, 6) is 0.148. The van der Waals surface area contributed by atoms with Gasteiger partial charge in [0.25, 0.3) is 5.91 Å². The number of anilines is 2. The molecule has 0 aliphatic carbocycles. The second-order valence-corrected chi connectivity index (χ2v) is 8.49. The van der Waals surface area contributed by atoms with Crippen LogP contribution in [0.1, 0.15) is 28.0 Å². The fourth-order valence-corrected chi connectivity index (χ4v) is 4.33. The van der Waals surface area contributed by atoms with E-state index >= 15 is 0 Å². The van der Waals surface area contributed by atoms with E-state index in [0.29, 0.717) is 12.1 Å². The van der Waals surface area contributed by atoms with Gasteiger partial charge in [0.05, 0.1) is 11.5 Å². The van der Waals surface area contributed by atoms with Crippen molar-refractivity contribution >= 4 is 27.4 Å². The summed E-state index contributed by atoms with van der Waals surface area (Å²) in [4.78, 5) is 20.6. The number of nitrogens with zero attached hydrogens (tertiary/aromatic N) is 2. The van der Waals surface area contributed by atoms with Gasteiger partial charge in [-0.25, -0.2) is 18.4 Å². The zero-order valence-corrected chi connectivity index (χ0v) is 14.9. The van der Waals surface area contributed by atoms with Gasteiger partial charge in [-0.3, -0.25) is 4.79 Å². The average Bonchev–Trinajstić information content (AvgIpc) is 2.90. The molecule has 1 unspecified atom stereocenters. The van der Waals surface area contributed by atoms with Crippen molar-refractivity contribution in [2.24, 2.45) is 0 Å². The highest BCUT2D eigenvalue weighted by Crippen LogP contribution is 2.17. The van der Waals surface area contributed by atoms with Crippen molar-refractivity contribution in [3.8, 4) is 0 Å². The lowest BCUT2D eigenvalue weighted by molar-refractivity contribution is 0.102. The maximum atomic E-state index is 12.4. The third-order valence-electron chi connectivity index (χ3n) is 4.22. The highest BCUT2D eigenvalue weighted by molar-refractivity contribution is 7.91. The van der Waals surface area contributed by atoms with E-state index in [4.69, 9.17) is 0 Å². The molecular formula is C17H20N4O3S. The lowest BCUT2D eigenvalue weighted by Gasteiger charge is -2.11. The summed E-state index contributed by atoms with van der Waals surface area (Å²) in [6.45, 7) is 3.99. The van der Waals surface area contributed by atoms with E-state index in [9.17, 15) is 13.2 Å². The number of aromatic nitrogens is 2. The summed E-state index contributed by atoms with van der Waals surface area (Å²) in [7, 11) is -2.99. The minimum Gasteiger partial charge on any atom is -0.350 e. The molecule has 25 heavy (non-hydrogen) atoms. The first-order valence-electron chi connectivity index (χ1n) is 8.01. The Morgan fingerprint density at radius 3 is 2.68 bits per heavy atom. The van der Waals surface area contributed by atoms with Gasteiger partial charge in [-0.1, -0.05) is 6.07 Å². The van der Waals surface area contributed by atoms with Crippen LogP contribution in [-0.4, -0.2) is 41.8 Å². The molecule has 7 nitrogen and oxygen atoms in total. The molecule has 0 radical (unpaired) electrons. The predicted molar refractivity (Wildman–Crippen MR) is 96.6 cm³/mol. The molecule has 1 aliphatic rings. The van der Waals surface area contributed by atoms with Crippen LogP contribution in [-0.2, 0) is 9.84 Å². The molecule has 0 saturated carbocycles. The van der Waals surface area contributed by atoms with Gasteiger partial charge in [-0.05, 0) is 49.6 Å². The number of hydrogen-bond acceptors (Lipinski definition) is 6. The van der Waals surface area contributed by atoms with Crippen molar-refractivity contribution < 1.29 is 13.2 Å². The van der Waals surface area contributed by atoms with E-state index in [0.717, 1.165) is 11.1 Å². The van der Waals surface area contributed by atoms with Crippen LogP contribution in [0.4, 0.5) is 11.6 Å². The number of carbonyl (C=O) groups is 1. The maximum Gasteiger partial charge on any atom is 0.274 e. The standard InChI is InChI=1S/C17H20N4O3S/c1-11-3-4-13(9-12(11)2)19-16(22)15-5-7-18-17(21-15)20-14-6-8-25(23,24)10-14/h3-5,7,9,14H,6,8,10H2,1-2H3,(H,19,22)(H,18,20,21). The Morgan fingerprint density at radius 1 is 1.20 bits per heavy atom. The molecule has 1 amide bonds. The summed E-state index contributed by atoms with van der Waals surface area (Å²) in [6.07, 6.45) is 2.00. The van der Waals surface area contributed by atoms with Gasteiger partial charge in [-0.2, -0.15) is 0 Å². The zero-order valence-electron chi connectivity index (χ0n) is 14.1. The number of amides is 1. The van der Waals surface area contributed by atoms with Crippen LogP contribution in [0.25, 0.3) is 0 Å². The van der Waals surface area contributed by atoms with E-state index in [2.05, 4.69) is 20.6 Å². The molecule has 2 N–H and O–H groups in total. The molecule has 1 saturated heterocycles. The number of sulfone groups is 1. The summed E-state index contributed by atoms with van der Waals surface area (Å²) >= 11 is 0. The van der Waals surface area contributed by atoms with E-state index < -0.39 is 9.84 Å². The van der Waals surface area contributed by atoms with Gasteiger partial charge < -0.3 is 10.6 Å². The van der Waals surface area contributed by atoms with Gasteiger partial charge >= 0.3 is 0 Å². The quantitative estimate of drug-likeness (QED) is 0.864. The molecule has 132 valence electrons. The number of rotatable bonds is 4. The molecule has 2 aromatic rings. The summed E-state index contributed by atoms with van der Waals surface area (Å²) in [5.41, 5.74) is 3.16. The highest BCUT2D eigenvalue weighted by Gasteiger charge is 2.28. The summed E-state index contributed by atoms with van der Waals surface area (Å²) in [5, 5.41) is 5.80. The molecular weight excluding hydrogens is 340 g/mol. The largest absolute Gasteiger partial charge is 0.350 e. The Labute approximate surface area is 146 Å². The van der Waals surface area contributed by atoms with Crippen LogP contribution in [0.3, 0.4) is 0 Å². The first-order chi connectivity index (χ1) is 11.8. The Morgan fingerprint density at radius 2 is 2.00 bits per heavy atom. The average molecular weight is 360 g/mol. The molecule has 8 heteroatoms. The second-order valence-electron chi connectivity index (χ2n) is 6.26. The molecule has 1 aliphatic heterocycles. The normalized spacial score (nSPS) is 18.7. The van der Waals surface area contributed by atoms with Gasteiger partial charge in [0.15, 0.2) is 9.84 Å². The highest BCUT2D eigenvalue weighted by atomic mass is 32.2. The minimum absolute atomic E-state index is 0.0649. The van der Waals surface area contributed by atoms with Crippen LogP contribution in [0.2, 0.25) is 0 Å². The molecule has 3 rings (SSSR count). The zero-order chi connectivity index (χ0) is 18.0. The molecule has 1 fully saturated rings. The number of carbonyl (C=O) groups excluding carboxylic acids is 1. The first-order valence-corrected chi connectivity index (χ1v) is 9.83. The number of benzene rings is 1. The van der Waals surface area contributed by atoms with Crippen molar-refractivity contribution in [3.63, 3.8) is 0 Å². The molecule has 0 bridgehead atoms. The van der Waals surface area contributed by atoms with Crippen molar-refractivity contribution in [2.45, 2.75) is 26.3 Å². The van der Waals surface area contributed by atoms with Gasteiger partial charge in [0.1, 0.15) is 5.69 Å². The lowest BCUT2D eigenvalue weighted by Crippen LogP contribution is -2.23. The second kappa shape index (κ2) is 6.79. The molecule has 2 heterocycles. The SMILES string of the molecule is Cc1ccc(NC(=O)c2ccnc(NC3CCS(=O)(=O)C3)n2)cc1C. The Bertz CT molecular complexity index is 912. The van der Waals surface area contributed by atoms with Crippen LogP contribution in [0.5, 0.6) is 0 Å². The van der Waals surface area contributed by atoms with Crippen molar-refractivity contribution in [2.75, 3.05) is 22.1 Å². The van der Waals surface area contributed by atoms with Crippen LogP contribution < -0.4 is 10.6 Å². The monoisotopic (exact) mass is 360 g/mol. The third kappa shape index (κ3) is 4.33. The Hall–Kier alpha value is -2.48. The van der Waals surface area contributed by atoms with Gasteiger partial charge in [0.2, 0.25) is 5.95 Å². The third-order valence-corrected chi connectivity index (χ3v) is 5.99. The van der Waals surface area contributed by atoms with Crippen LogP contribution in [0.15, 0.2) is 30.5 Å². The van der Waals surface area contributed by atoms with E-state index in [1.807, 2.05) is 32.0 Å².